The minimum Gasteiger partial charge on any atom is -0.338 e. The SMILES string of the molecule is CC(C)n1c(C[P+](c2ccccc2)(c2ccccc2)c2ccccc2)c(-c2ccc(F)cc2)c2ccccc21. The number of nitrogens with zero attached hydrogens (tertiary/aromatic N) is 1. The molecule has 0 amide bonds. The lowest BCUT2D eigenvalue weighted by Gasteiger charge is -2.29. The van der Waals surface area contributed by atoms with Crippen LogP contribution in [-0.2, 0) is 6.16 Å². The Morgan fingerprint density at radius 1 is 0.590 bits per heavy atom. The molecule has 0 aliphatic carbocycles. The zero-order valence-electron chi connectivity index (χ0n) is 22.3. The number of halogens is 1. The Balaban J connectivity index is 1.73. The summed E-state index contributed by atoms with van der Waals surface area (Å²) in [4.78, 5) is 0. The fraction of sp³-hybridized carbons (Fsp3) is 0.111. The van der Waals surface area contributed by atoms with Crippen LogP contribution in [0.2, 0.25) is 0 Å². The maximum atomic E-state index is 14.1. The second-order valence-corrected chi connectivity index (χ2v) is 13.8. The van der Waals surface area contributed by atoms with Crippen molar-refractivity contribution in [2.75, 3.05) is 0 Å². The van der Waals surface area contributed by atoms with Gasteiger partial charge in [-0.15, -0.1) is 0 Å². The van der Waals surface area contributed by atoms with E-state index in [9.17, 15) is 4.39 Å². The molecule has 0 unspecified atom stereocenters. The highest BCUT2D eigenvalue weighted by molar-refractivity contribution is 7.95. The molecule has 1 heterocycles. The third kappa shape index (κ3) is 4.50. The molecule has 0 atom stereocenters. The van der Waals surface area contributed by atoms with E-state index in [-0.39, 0.29) is 11.9 Å². The summed E-state index contributed by atoms with van der Waals surface area (Å²) in [5, 5.41) is 5.27. The molecule has 0 aliphatic rings. The van der Waals surface area contributed by atoms with Gasteiger partial charge in [0.05, 0.1) is 5.69 Å². The normalized spacial score (nSPS) is 11.8. The zero-order valence-corrected chi connectivity index (χ0v) is 23.2. The van der Waals surface area contributed by atoms with Crippen molar-refractivity contribution in [2.45, 2.75) is 26.1 Å². The van der Waals surface area contributed by atoms with Crippen LogP contribution in [0.4, 0.5) is 4.39 Å². The maximum absolute atomic E-state index is 14.1. The first-order chi connectivity index (χ1) is 19.1. The molecule has 1 aromatic heterocycles. The average Bonchev–Trinajstić information content (AvgIpc) is 3.31. The highest BCUT2D eigenvalue weighted by Crippen LogP contribution is 2.60. The lowest BCUT2D eigenvalue weighted by Crippen LogP contribution is -2.33. The molecule has 1 nitrogen and oxygen atoms in total. The predicted octanol–water partition coefficient (Wildman–Crippen LogP) is 8.52. The number of fused-ring (bicyclic) bond motifs is 1. The summed E-state index contributed by atoms with van der Waals surface area (Å²) in [6.07, 6.45) is 0.852. The van der Waals surface area contributed by atoms with Crippen molar-refractivity contribution in [3.05, 3.63) is 151 Å². The fourth-order valence-corrected chi connectivity index (χ4v) is 10.2. The van der Waals surface area contributed by atoms with Crippen molar-refractivity contribution in [1.29, 1.82) is 0 Å². The van der Waals surface area contributed by atoms with Gasteiger partial charge in [-0.05, 0) is 74.0 Å². The van der Waals surface area contributed by atoms with Gasteiger partial charge in [0, 0.05) is 22.5 Å². The van der Waals surface area contributed by atoms with Crippen molar-refractivity contribution in [2.24, 2.45) is 0 Å². The molecule has 0 spiro atoms. The summed E-state index contributed by atoms with van der Waals surface area (Å²) in [5.74, 6) is -0.215. The lowest BCUT2D eigenvalue weighted by molar-refractivity contribution is 0.606. The molecule has 5 aromatic carbocycles. The van der Waals surface area contributed by atoms with Crippen LogP contribution in [0, 0.1) is 5.82 Å². The van der Waals surface area contributed by atoms with E-state index in [0.717, 1.165) is 11.7 Å². The Bertz CT molecular complexity index is 1590. The monoisotopic (exact) mass is 528 g/mol. The molecule has 0 radical (unpaired) electrons. The molecule has 0 saturated heterocycles. The number of benzene rings is 5. The van der Waals surface area contributed by atoms with Crippen LogP contribution >= 0.6 is 7.26 Å². The summed E-state index contributed by atoms with van der Waals surface area (Å²) in [5.41, 5.74) is 4.76. The van der Waals surface area contributed by atoms with Crippen molar-refractivity contribution >= 4 is 34.1 Å². The Hall–Kier alpha value is -4.00. The van der Waals surface area contributed by atoms with E-state index in [1.54, 1.807) is 12.1 Å². The first-order valence-corrected chi connectivity index (χ1v) is 15.5. The Morgan fingerprint density at radius 2 is 1.05 bits per heavy atom. The smallest absolute Gasteiger partial charge is 0.123 e. The average molecular weight is 529 g/mol. The Kier molecular flexibility index (Phi) is 6.90. The van der Waals surface area contributed by atoms with E-state index < -0.39 is 7.26 Å². The molecule has 6 rings (SSSR count). The molecule has 3 heteroatoms. The number of para-hydroxylation sites is 1. The van der Waals surface area contributed by atoms with Gasteiger partial charge in [-0.3, -0.25) is 0 Å². The predicted molar refractivity (Wildman–Crippen MR) is 167 cm³/mol. The quantitative estimate of drug-likeness (QED) is 0.183. The van der Waals surface area contributed by atoms with Gasteiger partial charge in [0.15, 0.2) is 0 Å². The third-order valence-corrected chi connectivity index (χ3v) is 12.0. The van der Waals surface area contributed by atoms with Crippen LogP contribution in [0.5, 0.6) is 0 Å². The van der Waals surface area contributed by atoms with Gasteiger partial charge < -0.3 is 4.57 Å². The summed E-state index contributed by atoms with van der Waals surface area (Å²) < 4.78 is 16.6. The molecule has 0 saturated carbocycles. The fourth-order valence-electron chi connectivity index (χ4n) is 5.99. The number of rotatable bonds is 7. The van der Waals surface area contributed by atoms with E-state index in [0.29, 0.717) is 0 Å². The van der Waals surface area contributed by atoms with E-state index in [1.807, 2.05) is 12.1 Å². The summed E-state index contributed by atoms with van der Waals surface area (Å²) in [6, 6.07) is 49.0. The van der Waals surface area contributed by atoms with Crippen molar-refractivity contribution < 1.29 is 4.39 Å². The molecule has 39 heavy (non-hydrogen) atoms. The highest BCUT2D eigenvalue weighted by atomic mass is 31.2. The minimum atomic E-state index is -2.15. The number of hydrogen-bond acceptors (Lipinski definition) is 0. The molecule has 6 aromatic rings. The van der Waals surface area contributed by atoms with E-state index in [2.05, 4.69) is 134 Å². The van der Waals surface area contributed by atoms with Crippen LogP contribution in [0.25, 0.3) is 22.0 Å². The summed E-state index contributed by atoms with van der Waals surface area (Å²) >= 11 is 0. The van der Waals surface area contributed by atoms with Gasteiger partial charge in [0.2, 0.25) is 0 Å². The van der Waals surface area contributed by atoms with E-state index >= 15 is 0 Å². The van der Waals surface area contributed by atoms with Crippen LogP contribution in [0.15, 0.2) is 140 Å². The van der Waals surface area contributed by atoms with Crippen LogP contribution < -0.4 is 15.9 Å². The first-order valence-electron chi connectivity index (χ1n) is 13.5. The van der Waals surface area contributed by atoms with Crippen LogP contribution in [0.3, 0.4) is 0 Å². The van der Waals surface area contributed by atoms with Gasteiger partial charge in [-0.1, -0.05) is 84.9 Å². The Morgan fingerprint density at radius 3 is 1.54 bits per heavy atom. The van der Waals surface area contributed by atoms with Crippen LogP contribution in [-0.4, -0.2) is 4.57 Å². The molecule has 0 aliphatic heterocycles. The Labute approximate surface area is 230 Å². The largest absolute Gasteiger partial charge is 0.338 e. The van der Waals surface area contributed by atoms with Crippen molar-refractivity contribution in [1.82, 2.24) is 4.57 Å². The summed E-state index contributed by atoms with van der Waals surface area (Å²) in [7, 11) is -2.15. The van der Waals surface area contributed by atoms with E-state index in [1.165, 1.54) is 38.1 Å². The zero-order chi connectivity index (χ0) is 26.8. The van der Waals surface area contributed by atoms with Crippen molar-refractivity contribution in [3.8, 4) is 11.1 Å². The van der Waals surface area contributed by atoms with Gasteiger partial charge in [0.25, 0.3) is 0 Å². The first kappa shape index (κ1) is 25.3. The molecule has 0 bridgehead atoms. The minimum absolute atomic E-state index is 0.215. The van der Waals surface area contributed by atoms with E-state index in [4.69, 9.17) is 0 Å². The number of hydrogen-bond donors (Lipinski definition) is 0. The standard InChI is InChI=1S/C36H32FNP/c1-27(2)38-34-21-13-12-20-33(34)36(28-22-24-29(37)25-23-28)35(38)26-39(30-14-6-3-7-15-30,31-16-8-4-9-17-31)32-18-10-5-11-19-32/h3-25,27H,26H2,1-2H3/q+1. The molecular weight excluding hydrogens is 496 g/mol. The molecular formula is C36H32FNP+. The summed E-state index contributed by atoms with van der Waals surface area (Å²) in [6.45, 7) is 4.52. The lowest BCUT2D eigenvalue weighted by atomic mass is 10.0. The molecule has 192 valence electrons. The molecule has 0 N–H and O–H groups in total. The second kappa shape index (κ2) is 10.6. The number of aromatic nitrogens is 1. The highest BCUT2D eigenvalue weighted by Gasteiger charge is 2.47. The van der Waals surface area contributed by atoms with Gasteiger partial charge in [-0.25, -0.2) is 4.39 Å². The second-order valence-electron chi connectivity index (χ2n) is 10.3. The van der Waals surface area contributed by atoms with Gasteiger partial charge in [0.1, 0.15) is 35.2 Å². The third-order valence-electron chi connectivity index (χ3n) is 7.64. The van der Waals surface area contributed by atoms with Crippen LogP contribution in [0.1, 0.15) is 25.6 Å². The topological polar surface area (TPSA) is 4.93 Å². The molecule has 0 fully saturated rings. The van der Waals surface area contributed by atoms with Gasteiger partial charge in [-0.2, -0.15) is 0 Å². The maximum Gasteiger partial charge on any atom is 0.123 e. The van der Waals surface area contributed by atoms with Crippen molar-refractivity contribution in [3.63, 3.8) is 0 Å². The van der Waals surface area contributed by atoms with Gasteiger partial charge >= 0.3 is 0 Å².